The van der Waals surface area contributed by atoms with Crippen molar-refractivity contribution < 1.29 is 0 Å². The van der Waals surface area contributed by atoms with E-state index in [-0.39, 0.29) is 6.71 Å². The lowest BCUT2D eigenvalue weighted by molar-refractivity contribution is 0.775. The molecule has 0 radical (unpaired) electrons. The summed E-state index contributed by atoms with van der Waals surface area (Å²) < 4.78 is 2.45. The SMILES string of the molecule is c1ccc2c(c1)B1c3ccc(-n4c5ccccc5c5ccccc54)cc3-c3cccc(c31)C21c2ccccc2-c2cc(-c3ccc4cc5ccccc5nc4c3)ccc21. The van der Waals surface area contributed by atoms with Crippen LogP contribution in [0, 0.1) is 0 Å². The molecule has 0 N–H and O–H groups in total. The Morgan fingerprint density at radius 3 is 1.93 bits per heavy atom. The normalized spacial score (nSPS) is 15.5. The third-order valence-electron chi connectivity index (χ3n) is 13.8. The summed E-state index contributed by atoms with van der Waals surface area (Å²) in [5, 5.41) is 4.89. The molecule has 2 aliphatic heterocycles. The maximum absolute atomic E-state index is 5.07. The highest BCUT2D eigenvalue weighted by Crippen LogP contribution is 2.57. The summed E-state index contributed by atoms with van der Waals surface area (Å²) in [5.41, 5.74) is 22.7. The van der Waals surface area contributed by atoms with Gasteiger partial charge in [0, 0.05) is 27.2 Å². The number of pyridine rings is 1. The maximum Gasteiger partial charge on any atom is 0.243 e. The molecule has 3 aliphatic rings. The van der Waals surface area contributed by atoms with Crippen LogP contribution in [0.25, 0.3) is 82.7 Å². The first kappa shape index (κ1) is 31.6. The molecule has 4 heterocycles. The fraction of sp³-hybridized carbons (Fsp3) is 0.0179. The maximum atomic E-state index is 5.07. The number of hydrogen-bond donors (Lipinski definition) is 0. The average molecular weight is 745 g/mol. The van der Waals surface area contributed by atoms with Gasteiger partial charge in [0.15, 0.2) is 0 Å². The van der Waals surface area contributed by atoms with Crippen LogP contribution in [0.1, 0.15) is 22.3 Å². The number of benzene rings is 9. The third kappa shape index (κ3) is 4.00. The molecule has 0 saturated heterocycles. The summed E-state index contributed by atoms with van der Waals surface area (Å²) >= 11 is 0. The first-order chi connectivity index (χ1) is 29.3. The molecule has 1 spiro atoms. The van der Waals surface area contributed by atoms with Crippen molar-refractivity contribution in [2.24, 2.45) is 0 Å². The van der Waals surface area contributed by atoms with Crippen LogP contribution in [-0.2, 0) is 5.41 Å². The van der Waals surface area contributed by atoms with Crippen molar-refractivity contribution >= 4 is 66.7 Å². The van der Waals surface area contributed by atoms with Crippen LogP contribution in [0.5, 0.6) is 0 Å². The monoisotopic (exact) mass is 744 g/mol. The van der Waals surface area contributed by atoms with Gasteiger partial charge in [-0.15, -0.1) is 0 Å². The smallest absolute Gasteiger partial charge is 0.243 e. The topological polar surface area (TPSA) is 17.8 Å². The lowest BCUT2D eigenvalue weighted by Crippen LogP contribution is -2.59. The van der Waals surface area contributed by atoms with E-state index in [9.17, 15) is 0 Å². The molecule has 2 nitrogen and oxygen atoms in total. The van der Waals surface area contributed by atoms with Gasteiger partial charge < -0.3 is 4.57 Å². The largest absolute Gasteiger partial charge is 0.309 e. The summed E-state index contributed by atoms with van der Waals surface area (Å²) in [4.78, 5) is 5.07. The Bertz CT molecular complexity index is 3600. The molecule has 0 amide bonds. The van der Waals surface area contributed by atoms with Crippen LogP contribution < -0.4 is 16.4 Å². The fourth-order valence-corrected chi connectivity index (χ4v) is 11.5. The van der Waals surface area contributed by atoms with Crippen LogP contribution in [0.3, 0.4) is 0 Å². The predicted molar refractivity (Wildman–Crippen MR) is 246 cm³/mol. The Balaban J connectivity index is 0.992. The van der Waals surface area contributed by atoms with Crippen molar-refractivity contribution in [1.82, 2.24) is 9.55 Å². The van der Waals surface area contributed by atoms with E-state index in [1.807, 2.05) is 0 Å². The van der Waals surface area contributed by atoms with E-state index in [0.29, 0.717) is 0 Å². The van der Waals surface area contributed by atoms with Gasteiger partial charge in [-0.05, 0) is 104 Å². The Morgan fingerprint density at radius 2 is 1.05 bits per heavy atom. The predicted octanol–water partition coefficient (Wildman–Crippen LogP) is 11.3. The van der Waals surface area contributed by atoms with E-state index < -0.39 is 5.41 Å². The minimum absolute atomic E-state index is 0.155. The molecule has 59 heavy (non-hydrogen) atoms. The molecule has 14 rings (SSSR count). The standard InChI is InChI=1S/C56H33BN2/c1-8-21-51-36(12-1)30-37-25-24-35(32-52(37)58-51)34-26-28-46-43(31-34)39-13-2-5-17-45(39)56(46)47-18-6-7-20-50(47)57-49-29-27-38(33-44(49)42-16-11-19-48(56)55(42)57)59-53-22-9-3-14-40(53)41-15-4-10-23-54(41)59/h1-33H. The van der Waals surface area contributed by atoms with Crippen LogP contribution >= 0.6 is 0 Å². The van der Waals surface area contributed by atoms with E-state index in [1.54, 1.807) is 0 Å². The van der Waals surface area contributed by atoms with Gasteiger partial charge in [0.25, 0.3) is 0 Å². The number of hydrogen-bond acceptors (Lipinski definition) is 1. The van der Waals surface area contributed by atoms with Gasteiger partial charge in [-0.2, -0.15) is 0 Å². The molecule has 0 saturated carbocycles. The number of rotatable bonds is 2. The Kier molecular flexibility index (Phi) is 6.07. The zero-order chi connectivity index (χ0) is 38.4. The molecular formula is C56H33BN2. The van der Waals surface area contributed by atoms with Crippen molar-refractivity contribution in [1.29, 1.82) is 0 Å². The van der Waals surface area contributed by atoms with Gasteiger partial charge in [-0.1, -0.05) is 168 Å². The second kappa shape index (κ2) is 11.3. The second-order valence-corrected chi connectivity index (χ2v) is 16.6. The first-order valence-corrected chi connectivity index (χ1v) is 20.7. The zero-order valence-corrected chi connectivity index (χ0v) is 32.0. The van der Waals surface area contributed by atoms with E-state index in [2.05, 4.69) is 205 Å². The van der Waals surface area contributed by atoms with Gasteiger partial charge in [0.2, 0.25) is 6.71 Å². The van der Waals surface area contributed by atoms with E-state index in [1.165, 1.54) is 105 Å². The van der Waals surface area contributed by atoms with E-state index >= 15 is 0 Å². The van der Waals surface area contributed by atoms with Crippen molar-refractivity contribution in [3.8, 4) is 39.1 Å². The second-order valence-electron chi connectivity index (χ2n) is 16.6. The van der Waals surface area contributed by atoms with Crippen molar-refractivity contribution in [3.63, 3.8) is 0 Å². The molecule has 270 valence electrons. The summed E-state index contributed by atoms with van der Waals surface area (Å²) in [6.07, 6.45) is 0. The molecule has 0 bridgehead atoms. The number of aromatic nitrogens is 2. The number of para-hydroxylation sites is 3. The van der Waals surface area contributed by atoms with Crippen molar-refractivity contribution in [2.75, 3.05) is 0 Å². The molecule has 9 aromatic carbocycles. The lowest BCUT2D eigenvalue weighted by Gasteiger charge is -2.42. The van der Waals surface area contributed by atoms with E-state index in [4.69, 9.17) is 4.98 Å². The molecule has 3 heteroatoms. The third-order valence-corrected chi connectivity index (χ3v) is 13.8. The summed E-state index contributed by atoms with van der Waals surface area (Å²) in [6.45, 7) is 0.155. The minimum atomic E-state index is -0.454. The number of fused-ring (bicyclic) bond motifs is 17. The van der Waals surface area contributed by atoms with E-state index in [0.717, 1.165) is 16.4 Å². The zero-order valence-electron chi connectivity index (χ0n) is 32.0. The fourth-order valence-electron chi connectivity index (χ4n) is 11.5. The Labute approximate surface area is 341 Å². The Hall–Kier alpha value is -7.49. The highest BCUT2D eigenvalue weighted by molar-refractivity contribution is 7.00. The molecular weight excluding hydrogens is 711 g/mol. The van der Waals surface area contributed by atoms with Gasteiger partial charge in [0.05, 0.1) is 27.5 Å². The van der Waals surface area contributed by atoms with Crippen LogP contribution in [0.15, 0.2) is 200 Å². The van der Waals surface area contributed by atoms with Crippen molar-refractivity contribution in [2.45, 2.75) is 5.41 Å². The van der Waals surface area contributed by atoms with Crippen molar-refractivity contribution in [3.05, 3.63) is 222 Å². The molecule has 11 aromatic rings. The van der Waals surface area contributed by atoms with Gasteiger partial charge in [-0.3, -0.25) is 0 Å². The number of nitrogens with zero attached hydrogens (tertiary/aromatic N) is 2. The average Bonchev–Trinajstić information content (AvgIpc) is 3.92. The molecule has 2 aromatic heterocycles. The molecule has 1 atom stereocenters. The van der Waals surface area contributed by atoms with Crippen LogP contribution in [0.4, 0.5) is 0 Å². The summed E-state index contributed by atoms with van der Waals surface area (Å²) in [5.74, 6) is 0. The highest BCUT2D eigenvalue weighted by Gasteiger charge is 2.54. The Morgan fingerprint density at radius 1 is 0.390 bits per heavy atom. The van der Waals surface area contributed by atoms with Gasteiger partial charge in [0.1, 0.15) is 0 Å². The molecule has 1 aliphatic carbocycles. The van der Waals surface area contributed by atoms with Gasteiger partial charge in [-0.25, -0.2) is 4.98 Å². The summed E-state index contributed by atoms with van der Waals surface area (Å²) in [7, 11) is 0. The quantitative estimate of drug-likeness (QED) is 0.127. The van der Waals surface area contributed by atoms with Crippen LogP contribution in [-0.4, -0.2) is 16.3 Å². The van der Waals surface area contributed by atoms with Crippen LogP contribution in [0.2, 0.25) is 0 Å². The highest BCUT2D eigenvalue weighted by atomic mass is 15.0. The minimum Gasteiger partial charge on any atom is -0.309 e. The lowest BCUT2D eigenvalue weighted by atomic mass is 9.32. The van der Waals surface area contributed by atoms with Gasteiger partial charge >= 0.3 is 0 Å². The first-order valence-electron chi connectivity index (χ1n) is 20.7. The molecule has 0 fully saturated rings. The molecule has 1 unspecified atom stereocenters. The summed E-state index contributed by atoms with van der Waals surface area (Å²) in [6, 6.07) is 75.0.